The first kappa shape index (κ1) is 22.4. The van der Waals surface area contributed by atoms with Gasteiger partial charge in [-0.25, -0.2) is 4.98 Å². The molecule has 0 saturated heterocycles. The first-order chi connectivity index (χ1) is 15.5. The molecule has 7 heteroatoms. The van der Waals surface area contributed by atoms with Crippen molar-refractivity contribution in [3.63, 3.8) is 0 Å². The predicted octanol–water partition coefficient (Wildman–Crippen LogP) is 6.34. The van der Waals surface area contributed by atoms with Gasteiger partial charge in [-0.1, -0.05) is 63.0 Å². The Morgan fingerprint density at radius 1 is 1.03 bits per heavy atom. The monoisotopic (exact) mass is 553 g/mol. The van der Waals surface area contributed by atoms with E-state index >= 15 is 0 Å². The number of hydrogen-bond acceptors (Lipinski definition) is 4. The molecule has 0 N–H and O–H groups in total. The molecule has 162 valence electrons. The minimum atomic E-state index is -0.182. The molecule has 0 radical (unpaired) electrons. The van der Waals surface area contributed by atoms with Crippen LogP contribution in [0.25, 0.3) is 10.9 Å². The number of aromatic nitrogens is 2. The Kier molecular flexibility index (Phi) is 7.17. The Morgan fingerprint density at radius 2 is 1.81 bits per heavy atom. The first-order valence-corrected chi connectivity index (χ1v) is 11.8. The van der Waals surface area contributed by atoms with Gasteiger partial charge < -0.3 is 4.74 Å². The average Bonchev–Trinajstić information content (AvgIpc) is 2.79. The van der Waals surface area contributed by atoms with E-state index < -0.39 is 0 Å². The number of fused-ring (bicyclic) bond motifs is 1. The van der Waals surface area contributed by atoms with E-state index in [0.717, 1.165) is 32.2 Å². The van der Waals surface area contributed by atoms with E-state index in [-0.39, 0.29) is 5.56 Å². The molecule has 32 heavy (non-hydrogen) atoms. The standard InChI is InChI=1S/C25H21Br2N3O2/c1-2-4-24-29-23-12-11-20(27)14-22(23)25(31)30(24)28-15-18-5-3-6-21(13-18)32-16-17-7-9-19(26)10-8-17/h3,5-15H,2,4,16H2,1H3. The highest BCUT2D eigenvalue weighted by Crippen LogP contribution is 2.18. The topological polar surface area (TPSA) is 56.5 Å². The second-order valence-corrected chi connectivity index (χ2v) is 9.12. The summed E-state index contributed by atoms with van der Waals surface area (Å²) in [6.07, 6.45) is 3.19. The van der Waals surface area contributed by atoms with Crippen LogP contribution in [-0.4, -0.2) is 15.9 Å². The van der Waals surface area contributed by atoms with Crippen LogP contribution in [0.2, 0.25) is 0 Å². The summed E-state index contributed by atoms with van der Waals surface area (Å²) in [6.45, 7) is 2.52. The fourth-order valence-corrected chi connectivity index (χ4v) is 3.88. The SMILES string of the molecule is CCCc1nc2ccc(Br)cc2c(=O)n1N=Cc1cccc(OCc2ccc(Br)cc2)c1. The smallest absolute Gasteiger partial charge is 0.282 e. The summed E-state index contributed by atoms with van der Waals surface area (Å²) in [6, 6.07) is 21.2. The summed E-state index contributed by atoms with van der Waals surface area (Å²) in [4.78, 5) is 17.8. The van der Waals surface area contributed by atoms with E-state index in [4.69, 9.17) is 4.74 Å². The minimum Gasteiger partial charge on any atom is -0.489 e. The third-order valence-corrected chi connectivity index (χ3v) is 5.87. The molecular formula is C25H21Br2N3O2. The fourth-order valence-electron chi connectivity index (χ4n) is 3.26. The lowest BCUT2D eigenvalue weighted by molar-refractivity contribution is 0.306. The number of nitrogens with zero attached hydrogens (tertiary/aromatic N) is 3. The lowest BCUT2D eigenvalue weighted by Gasteiger charge is -2.09. The number of rotatable bonds is 7. The van der Waals surface area contributed by atoms with E-state index in [9.17, 15) is 4.79 Å². The van der Waals surface area contributed by atoms with Crippen LogP contribution in [0.3, 0.4) is 0 Å². The van der Waals surface area contributed by atoms with E-state index in [0.29, 0.717) is 29.8 Å². The molecule has 1 aromatic heterocycles. The molecule has 0 aliphatic carbocycles. The molecule has 5 nitrogen and oxygen atoms in total. The second kappa shape index (κ2) is 10.2. The molecule has 0 atom stereocenters. The van der Waals surface area contributed by atoms with Crippen LogP contribution in [0.5, 0.6) is 5.75 Å². The number of aryl methyl sites for hydroxylation is 1. The van der Waals surface area contributed by atoms with Crippen LogP contribution in [-0.2, 0) is 13.0 Å². The third kappa shape index (κ3) is 5.34. The predicted molar refractivity (Wildman–Crippen MR) is 136 cm³/mol. The maximum atomic E-state index is 13.1. The summed E-state index contributed by atoms with van der Waals surface area (Å²) >= 11 is 6.87. The van der Waals surface area contributed by atoms with Crippen LogP contribution in [0.15, 0.2) is 85.6 Å². The van der Waals surface area contributed by atoms with Crippen molar-refractivity contribution < 1.29 is 4.74 Å². The van der Waals surface area contributed by atoms with Crippen LogP contribution >= 0.6 is 31.9 Å². The van der Waals surface area contributed by atoms with Gasteiger partial charge in [0.2, 0.25) is 0 Å². The molecule has 0 fully saturated rings. The van der Waals surface area contributed by atoms with E-state index in [1.807, 2.05) is 60.7 Å². The van der Waals surface area contributed by atoms with Gasteiger partial charge in [0, 0.05) is 15.4 Å². The molecule has 1 heterocycles. The van der Waals surface area contributed by atoms with Crippen molar-refractivity contribution >= 4 is 49.0 Å². The van der Waals surface area contributed by atoms with Crippen molar-refractivity contribution in [3.05, 3.63) is 103 Å². The van der Waals surface area contributed by atoms with Crippen molar-refractivity contribution in [2.75, 3.05) is 0 Å². The molecule has 3 aromatic carbocycles. The van der Waals surface area contributed by atoms with Crippen LogP contribution in [0, 0.1) is 0 Å². The first-order valence-electron chi connectivity index (χ1n) is 10.3. The molecule has 4 aromatic rings. The molecule has 4 rings (SSSR count). The molecule has 0 spiro atoms. The van der Waals surface area contributed by atoms with Crippen molar-refractivity contribution in [1.29, 1.82) is 0 Å². The molecule has 0 amide bonds. The van der Waals surface area contributed by atoms with Gasteiger partial charge in [-0.15, -0.1) is 0 Å². The average molecular weight is 555 g/mol. The minimum absolute atomic E-state index is 0.182. The number of benzene rings is 3. The van der Waals surface area contributed by atoms with Crippen molar-refractivity contribution in [2.24, 2.45) is 5.10 Å². The zero-order valence-corrected chi connectivity index (χ0v) is 20.6. The zero-order valence-electron chi connectivity index (χ0n) is 17.5. The number of hydrogen-bond donors (Lipinski definition) is 0. The van der Waals surface area contributed by atoms with E-state index in [2.05, 4.69) is 48.9 Å². The maximum absolute atomic E-state index is 13.1. The molecule has 0 aliphatic heterocycles. The summed E-state index contributed by atoms with van der Waals surface area (Å²) in [5.41, 5.74) is 2.41. The maximum Gasteiger partial charge on any atom is 0.282 e. The highest BCUT2D eigenvalue weighted by Gasteiger charge is 2.10. The van der Waals surface area contributed by atoms with Gasteiger partial charge in [-0.2, -0.15) is 9.78 Å². The van der Waals surface area contributed by atoms with Gasteiger partial charge in [0.05, 0.1) is 17.1 Å². The quantitative estimate of drug-likeness (QED) is 0.251. The Bertz CT molecular complexity index is 1330. The number of ether oxygens (including phenoxy) is 1. The lowest BCUT2D eigenvalue weighted by atomic mass is 10.2. The highest BCUT2D eigenvalue weighted by molar-refractivity contribution is 9.10. The summed E-state index contributed by atoms with van der Waals surface area (Å²) < 4.78 is 9.18. The van der Waals surface area contributed by atoms with Crippen LogP contribution < -0.4 is 10.3 Å². The molecular weight excluding hydrogens is 534 g/mol. The normalized spacial score (nSPS) is 11.3. The van der Waals surface area contributed by atoms with Crippen molar-refractivity contribution in [3.8, 4) is 5.75 Å². The van der Waals surface area contributed by atoms with Gasteiger partial charge in [0.15, 0.2) is 0 Å². The summed E-state index contributed by atoms with van der Waals surface area (Å²) in [5, 5.41) is 5.01. The summed E-state index contributed by atoms with van der Waals surface area (Å²) in [7, 11) is 0. The van der Waals surface area contributed by atoms with E-state index in [1.165, 1.54) is 4.68 Å². The second-order valence-electron chi connectivity index (χ2n) is 7.29. The van der Waals surface area contributed by atoms with Gasteiger partial charge in [0.25, 0.3) is 5.56 Å². The molecule has 0 aliphatic rings. The Labute approximate surface area is 203 Å². The van der Waals surface area contributed by atoms with Gasteiger partial charge in [-0.3, -0.25) is 4.79 Å². The Balaban J connectivity index is 1.60. The Morgan fingerprint density at radius 3 is 2.59 bits per heavy atom. The van der Waals surface area contributed by atoms with Gasteiger partial charge >= 0.3 is 0 Å². The molecule has 0 bridgehead atoms. The fraction of sp³-hybridized carbons (Fsp3) is 0.160. The zero-order chi connectivity index (χ0) is 22.5. The van der Waals surface area contributed by atoms with Crippen LogP contribution in [0.1, 0.15) is 30.3 Å². The summed E-state index contributed by atoms with van der Waals surface area (Å²) in [5.74, 6) is 1.38. The number of halogens is 2. The van der Waals surface area contributed by atoms with E-state index in [1.54, 1.807) is 12.3 Å². The lowest BCUT2D eigenvalue weighted by Crippen LogP contribution is -2.22. The van der Waals surface area contributed by atoms with Crippen molar-refractivity contribution in [1.82, 2.24) is 9.66 Å². The molecule has 0 unspecified atom stereocenters. The van der Waals surface area contributed by atoms with Gasteiger partial charge in [-0.05, 0) is 60.0 Å². The third-order valence-electron chi connectivity index (χ3n) is 4.85. The van der Waals surface area contributed by atoms with Crippen molar-refractivity contribution in [2.45, 2.75) is 26.4 Å². The Hall–Kier alpha value is -2.77. The highest BCUT2D eigenvalue weighted by atomic mass is 79.9. The van der Waals surface area contributed by atoms with Crippen LogP contribution in [0.4, 0.5) is 0 Å². The van der Waals surface area contributed by atoms with Gasteiger partial charge in [0.1, 0.15) is 18.2 Å². The molecule has 0 saturated carbocycles. The largest absolute Gasteiger partial charge is 0.489 e.